The highest BCUT2D eigenvalue weighted by atomic mass is 35.5. The number of thioether (sulfide) groups is 1. The van der Waals surface area contributed by atoms with Crippen LogP contribution >= 0.6 is 35.0 Å². The summed E-state index contributed by atoms with van der Waals surface area (Å²) in [6, 6.07) is 24.2. The molecule has 0 fully saturated rings. The second-order valence-electron chi connectivity index (χ2n) is 8.27. The van der Waals surface area contributed by atoms with Gasteiger partial charge in [0.15, 0.2) is 0 Å². The van der Waals surface area contributed by atoms with E-state index in [1.807, 2.05) is 79.7 Å². The highest BCUT2D eigenvalue weighted by molar-refractivity contribution is 7.99. The predicted octanol–water partition coefficient (Wildman–Crippen LogP) is 6.39. The molecule has 0 radical (unpaired) electrons. The molecule has 184 valence electrons. The van der Waals surface area contributed by atoms with Gasteiger partial charge in [0.05, 0.1) is 5.75 Å². The van der Waals surface area contributed by atoms with Gasteiger partial charge in [-0.05, 0) is 47.4 Å². The van der Waals surface area contributed by atoms with E-state index in [4.69, 9.17) is 23.2 Å². The van der Waals surface area contributed by atoms with E-state index in [0.717, 1.165) is 23.1 Å². The Bertz CT molecular complexity index is 1110. The second kappa shape index (κ2) is 14.2. The monoisotopic (exact) mass is 528 g/mol. The zero-order valence-electron chi connectivity index (χ0n) is 19.8. The van der Waals surface area contributed by atoms with E-state index in [9.17, 15) is 9.59 Å². The lowest BCUT2D eigenvalue weighted by Crippen LogP contribution is -2.51. The van der Waals surface area contributed by atoms with E-state index >= 15 is 0 Å². The van der Waals surface area contributed by atoms with E-state index in [2.05, 4.69) is 5.32 Å². The number of nitrogens with zero attached hydrogens (tertiary/aromatic N) is 1. The van der Waals surface area contributed by atoms with Gasteiger partial charge in [0.25, 0.3) is 0 Å². The number of hydrogen-bond acceptors (Lipinski definition) is 3. The molecule has 4 nitrogen and oxygen atoms in total. The van der Waals surface area contributed by atoms with Gasteiger partial charge in [-0.2, -0.15) is 0 Å². The summed E-state index contributed by atoms with van der Waals surface area (Å²) in [5.41, 5.74) is 2.94. The molecule has 0 saturated carbocycles. The maximum absolute atomic E-state index is 13.6. The molecule has 2 amide bonds. The number of carbonyl (C=O) groups is 2. The highest BCUT2D eigenvalue weighted by Gasteiger charge is 2.30. The lowest BCUT2D eigenvalue weighted by molar-refractivity contribution is -0.139. The number of nitrogens with one attached hydrogen (secondary N) is 1. The number of benzene rings is 3. The fourth-order valence-electron chi connectivity index (χ4n) is 3.72. The first-order valence-electron chi connectivity index (χ1n) is 11.6. The molecule has 0 aliphatic heterocycles. The SMILES string of the molecule is CCCNC(=O)[C@H](Cc1ccccc1)N(Cc1cccc(Cl)c1)C(=O)CSCc1cccc(Cl)c1. The van der Waals surface area contributed by atoms with Crippen molar-refractivity contribution in [3.8, 4) is 0 Å². The van der Waals surface area contributed by atoms with E-state index in [1.165, 1.54) is 11.8 Å². The lowest BCUT2D eigenvalue weighted by atomic mass is 10.0. The molecule has 0 spiro atoms. The summed E-state index contributed by atoms with van der Waals surface area (Å²) < 4.78 is 0. The zero-order chi connectivity index (χ0) is 25.0. The van der Waals surface area contributed by atoms with Crippen molar-refractivity contribution < 1.29 is 9.59 Å². The molecule has 35 heavy (non-hydrogen) atoms. The number of hydrogen-bond donors (Lipinski definition) is 1. The van der Waals surface area contributed by atoms with Crippen LogP contribution in [0.4, 0.5) is 0 Å². The second-order valence-corrected chi connectivity index (χ2v) is 10.1. The van der Waals surface area contributed by atoms with Crippen LogP contribution in [-0.2, 0) is 28.3 Å². The first-order chi connectivity index (χ1) is 17.0. The fourth-order valence-corrected chi connectivity index (χ4v) is 5.00. The minimum absolute atomic E-state index is 0.0930. The Hall–Kier alpha value is -2.47. The van der Waals surface area contributed by atoms with Crippen molar-refractivity contribution in [1.82, 2.24) is 10.2 Å². The molecule has 0 unspecified atom stereocenters. The van der Waals surface area contributed by atoms with Crippen LogP contribution in [0.1, 0.15) is 30.0 Å². The van der Waals surface area contributed by atoms with Crippen molar-refractivity contribution in [2.24, 2.45) is 0 Å². The Morgan fingerprint density at radius 3 is 2.17 bits per heavy atom. The average Bonchev–Trinajstić information content (AvgIpc) is 2.85. The number of amides is 2. The first-order valence-corrected chi connectivity index (χ1v) is 13.5. The summed E-state index contributed by atoms with van der Waals surface area (Å²) in [4.78, 5) is 28.5. The van der Waals surface area contributed by atoms with Crippen molar-refractivity contribution >= 4 is 46.8 Å². The van der Waals surface area contributed by atoms with E-state index in [-0.39, 0.29) is 17.6 Å². The van der Waals surface area contributed by atoms with E-state index < -0.39 is 6.04 Å². The van der Waals surface area contributed by atoms with Crippen molar-refractivity contribution in [1.29, 1.82) is 0 Å². The van der Waals surface area contributed by atoms with Gasteiger partial charge in [0, 0.05) is 35.3 Å². The van der Waals surface area contributed by atoms with Crippen molar-refractivity contribution in [3.05, 3.63) is 106 Å². The fraction of sp³-hybridized carbons (Fsp3) is 0.286. The summed E-state index contributed by atoms with van der Waals surface area (Å²) in [7, 11) is 0. The summed E-state index contributed by atoms with van der Waals surface area (Å²) in [5.74, 6) is 0.665. The van der Waals surface area contributed by atoms with E-state index in [1.54, 1.807) is 11.0 Å². The molecular weight excluding hydrogens is 499 g/mol. The standard InChI is InChI=1S/C28H30Cl2N2O2S/c1-2-14-31-28(34)26(17-21-8-4-3-5-9-21)32(18-22-10-6-12-24(29)15-22)27(33)20-35-19-23-11-7-13-25(30)16-23/h3-13,15-16,26H,2,14,17-20H2,1H3,(H,31,34)/t26-/m0/s1. The summed E-state index contributed by atoms with van der Waals surface area (Å²) in [5, 5.41) is 4.26. The Labute approximate surface area is 222 Å². The molecular formula is C28H30Cl2N2O2S. The van der Waals surface area contributed by atoms with Gasteiger partial charge in [0.2, 0.25) is 11.8 Å². The van der Waals surface area contributed by atoms with Gasteiger partial charge in [-0.3, -0.25) is 9.59 Å². The molecule has 1 N–H and O–H groups in total. The molecule has 0 aliphatic rings. The summed E-state index contributed by atoms with van der Waals surface area (Å²) in [6.45, 7) is 2.87. The Balaban J connectivity index is 1.83. The molecule has 0 heterocycles. The normalized spacial score (nSPS) is 11.6. The van der Waals surface area contributed by atoms with Crippen LogP contribution in [-0.4, -0.2) is 35.1 Å². The van der Waals surface area contributed by atoms with Gasteiger partial charge < -0.3 is 10.2 Å². The molecule has 0 aromatic heterocycles. The maximum atomic E-state index is 13.6. The average molecular weight is 530 g/mol. The summed E-state index contributed by atoms with van der Waals surface area (Å²) >= 11 is 13.8. The van der Waals surface area contributed by atoms with Gasteiger partial charge in [-0.1, -0.05) is 84.7 Å². The molecule has 0 saturated heterocycles. The van der Waals surface area contributed by atoms with Crippen LogP contribution < -0.4 is 5.32 Å². The topological polar surface area (TPSA) is 49.4 Å². The molecule has 0 aliphatic carbocycles. The third-order valence-corrected chi connectivity index (χ3v) is 6.90. The van der Waals surface area contributed by atoms with E-state index in [0.29, 0.717) is 35.3 Å². The quantitative estimate of drug-likeness (QED) is 0.296. The Morgan fingerprint density at radius 2 is 1.51 bits per heavy atom. The molecule has 3 rings (SSSR count). The minimum atomic E-state index is -0.637. The molecule has 3 aromatic carbocycles. The van der Waals surface area contributed by atoms with Crippen LogP contribution in [0.3, 0.4) is 0 Å². The summed E-state index contributed by atoms with van der Waals surface area (Å²) in [6.07, 6.45) is 1.25. The molecule has 3 aromatic rings. The minimum Gasteiger partial charge on any atom is -0.354 e. The van der Waals surface area contributed by atoms with Crippen molar-refractivity contribution in [3.63, 3.8) is 0 Å². The maximum Gasteiger partial charge on any atom is 0.243 e. The molecule has 0 bridgehead atoms. The third kappa shape index (κ3) is 8.92. The third-order valence-electron chi connectivity index (χ3n) is 5.45. The Kier molecular flexibility index (Phi) is 11.0. The van der Waals surface area contributed by atoms with Crippen LogP contribution in [0.15, 0.2) is 78.9 Å². The van der Waals surface area contributed by atoms with Gasteiger partial charge >= 0.3 is 0 Å². The first kappa shape index (κ1) is 27.1. The van der Waals surface area contributed by atoms with Crippen molar-refractivity contribution in [2.45, 2.75) is 38.1 Å². The van der Waals surface area contributed by atoms with Gasteiger partial charge in [-0.15, -0.1) is 11.8 Å². The van der Waals surface area contributed by atoms with Crippen LogP contribution in [0.2, 0.25) is 10.0 Å². The number of rotatable bonds is 12. The van der Waals surface area contributed by atoms with Gasteiger partial charge in [0.1, 0.15) is 6.04 Å². The number of halogens is 2. The molecule has 7 heteroatoms. The lowest BCUT2D eigenvalue weighted by Gasteiger charge is -2.31. The highest BCUT2D eigenvalue weighted by Crippen LogP contribution is 2.21. The zero-order valence-corrected chi connectivity index (χ0v) is 22.1. The molecule has 1 atom stereocenters. The Morgan fingerprint density at radius 1 is 0.886 bits per heavy atom. The smallest absolute Gasteiger partial charge is 0.243 e. The number of carbonyl (C=O) groups excluding carboxylic acids is 2. The predicted molar refractivity (Wildman–Crippen MR) is 147 cm³/mol. The van der Waals surface area contributed by atoms with Crippen LogP contribution in [0, 0.1) is 0 Å². The van der Waals surface area contributed by atoms with Crippen LogP contribution in [0.25, 0.3) is 0 Å². The van der Waals surface area contributed by atoms with Gasteiger partial charge in [-0.25, -0.2) is 0 Å². The van der Waals surface area contributed by atoms with Crippen LogP contribution in [0.5, 0.6) is 0 Å². The van der Waals surface area contributed by atoms with Crippen molar-refractivity contribution in [2.75, 3.05) is 12.3 Å². The largest absolute Gasteiger partial charge is 0.354 e.